The van der Waals surface area contributed by atoms with Crippen molar-refractivity contribution in [1.29, 1.82) is 0 Å². The molecule has 0 N–H and O–H groups in total. The maximum absolute atomic E-state index is 3.55. The molecule has 0 aromatic rings. The summed E-state index contributed by atoms with van der Waals surface area (Å²) in [5.41, 5.74) is 1.35. The fourth-order valence-corrected chi connectivity index (χ4v) is 4.01. The summed E-state index contributed by atoms with van der Waals surface area (Å²) in [5.74, 6) is 0. The van der Waals surface area contributed by atoms with Crippen LogP contribution in [0.4, 0.5) is 0 Å². The standard InChI is InChI=1S/C8H7Br2NS/c1-11-4-6-7(10)2-5(9)3-8(6)12-11/h2-4,8H,1H3. The van der Waals surface area contributed by atoms with E-state index < -0.39 is 0 Å². The molecule has 12 heavy (non-hydrogen) atoms. The fourth-order valence-electron chi connectivity index (χ4n) is 1.25. The minimum absolute atomic E-state index is 0.476. The zero-order chi connectivity index (χ0) is 8.72. The van der Waals surface area contributed by atoms with Crippen molar-refractivity contribution < 1.29 is 0 Å². The molecule has 0 saturated heterocycles. The summed E-state index contributed by atoms with van der Waals surface area (Å²) in [4.78, 5) is 0. The van der Waals surface area contributed by atoms with Crippen LogP contribution in [0.25, 0.3) is 0 Å². The van der Waals surface area contributed by atoms with Crippen molar-refractivity contribution in [2.75, 3.05) is 7.05 Å². The third-order valence-corrected chi connectivity index (χ3v) is 3.99. The Bertz CT molecular complexity index is 306. The third kappa shape index (κ3) is 1.52. The quantitative estimate of drug-likeness (QED) is 0.631. The van der Waals surface area contributed by atoms with Crippen molar-refractivity contribution in [2.45, 2.75) is 5.25 Å². The lowest BCUT2D eigenvalue weighted by Crippen LogP contribution is -2.03. The number of hydrogen-bond acceptors (Lipinski definition) is 2. The van der Waals surface area contributed by atoms with Crippen LogP contribution < -0.4 is 0 Å². The third-order valence-electron chi connectivity index (χ3n) is 1.76. The van der Waals surface area contributed by atoms with Crippen LogP contribution in [0.2, 0.25) is 0 Å². The first-order valence-corrected chi connectivity index (χ1v) is 5.95. The van der Waals surface area contributed by atoms with E-state index in [2.05, 4.69) is 61.6 Å². The Kier molecular flexibility index (Phi) is 2.40. The summed E-state index contributed by atoms with van der Waals surface area (Å²) in [7, 11) is 2.07. The molecule has 0 aromatic carbocycles. The lowest BCUT2D eigenvalue weighted by Gasteiger charge is -2.13. The maximum atomic E-state index is 3.55. The summed E-state index contributed by atoms with van der Waals surface area (Å²) in [6.07, 6.45) is 6.46. The van der Waals surface area contributed by atoms with E-state index in [1.165, 1.54) is 10.1 Å². The zero-order valence-corrected chi connectivity index (χ0v) is 10.4. The van der Waals surface area contributed by atoms with Gasteiger partial charge in [0.25, 0.3) is 0 Å². The fraction of sp³-hybridized carbons (Fsp3) is 0.250. The number of allylic oxidation sites excluding steroid dienone is 3. The molecule has 2 rings (SSSR count). The summed E-state index contributed by atoms with van der Waals surface area (Å²) < 4.78 is 4.47. The molecule has 0 spiro atoms. The van der Waals surface area contributed by atoms with Crippen molar-refractivity contribution in [3.63, 3.8) is 0 Å². The van der Waals surface area contributed by atoms with E-state index in [-0.39, 0.29) is 0 Å². The van der Waals surface area contributed by atoms with E-state index in [1.54, 1.807) is 0 Å². The molecule has 1 aliphatic carbocycles. The van der Waals surface area contributed by atoms with Crippen LogP contribution in [0.3, 0.4) is 0 Å². The van der Waals surface area contributed by atoms with Gasteiger partial charge in [-0.05, 0) is 18.0 Å². The largest absolute Gasteiger partial charge is 0.325 e. The summed E-state index contributed by atoms with van der Waals surface area (Å²) in [6, 6.07) is 0. The molecule has 0 fully saturated rings. The molecule has 1 atom stereocenters. The van der Waals surface area contributed by atoms with E-state index in [0.29, 0.717) is 5.25 Å². The van der Waals surface area contributed by atoms with Gasteiger partial charge in [0.1, 0.15) is 0 Å². The first-order chi connectivity index (χ1) is 5.66. The average molecular weight is 309 g/mol. The van der Waals surface area contributed by atoms with Crippen molar-refractivity contribution in [3.05, 3.63) is 32.9 Å². The zero-order valence-electron chi connectivity index (χ0n) is 6.42. The molecule has 1 heterocycles. The molecule has 0 bridgehead atoms. The summed E-state index contributed by atoms with van der Waals surface area (Å²) >= 11 is 8.85. The molecule has 1 nitrogen and oxygen atoms in total. The van der Waals surface area contributed by atoms with Crippen LogP contribution in [0.1, 0.15) is 0 Å². The molecule has 1 unspecified atom stereocenters. The van der Waals surface area contributed by atoms with Crippen LogP contribution >= 0.6 is 43.8 Å². The van der Waals surface area contributed by atoms with Crippen molar-refractivity contribution in [2.24, 2.45) is 0 Å². The van der Waals surface area contributed by atoms with E-state index in [1.807, 2.05) is 11.9 Å². The van der Waals surface area contributed by atoms with Gasteiger partial charge >= 0.3 is 0 Å². The highest BCUT2D eigenvalue weighted by atomic mass is 79.9. The SMILES string of the molecule is CN1C=C2C(Br)=CC(Br)=CC2S1. The van der Waals surface area contributed by atoms with Crippen LogP contribution in [0.15, 0.2) is 32.9 Å². The van der Waals surface area contributed by atoms with Crippen LogP contribution in [-0.4, -0.2) is 16.6 Å². The number of hydrogen-bond donors (Lipinski definition) is 0. The molecule has 64 valence electrons. The van der Waals surface area contributed by atoms with Gasteiger partial charge in [-0.3, -0.25) is 0 Å². The molecule has 0 aromatic heterocycles. The Balaban J connectivity index is 2.38. The summed E-state index contributed by atoms with van der Waals surface area (Å²) in [5, 5.41) is 0.476. The smallest absolute Gasteiger partial charge is 0.0716 e. The highest BCUT2D eigenvalue weighted by Gasteiger charge is 2.26. The molecule has 0 amide bonds. The number of rotatable bonds is 0. The Morgan fingerprint density at radius 2 is 2.25 bits per heavy atom. The first-order valence-electron chi connectivity index (χ1n) is 3.53. The molecule has 2 aliphatic rings. The highest BCUT2D eigenvalue weighted by molar-refractivity contribution is 9.12. The predicted octanol–water partition coefficient (Wildman–Crippen LogP) is 3.40. The van der Waals surface area contributed by atoms with Gasteiger partial charge in [0.2, 0.25) is 0 Å². The second kappa shape index (κ2) is 3.24. The topological polar surface area (TPSA) is 3.24 Å². The number of fused-ring (bicyclic) bond motifs is 1. The van der Waals surface area contributed by atoms with Gasteiger partial charge < -0.3 is 4.31 Å². The summed E-state index contributed by atoms with van der Waals surface area (Å²) in [6.45, 7) is 0. The normalized spacial score (nSPS) is 27.8. The Morgan fingerprint density at radius 1 is 1.50 bits per heavy atom. The van der Waals surface area contributed by atoms with Gasteiger partial charge in [-0.25, -0.2) is 0 Å². The Hall–Kier alpha value is 0.330. The lowest BCUT2D eigenvalue weighted by atomic mass is 10.1. The minimum atomic E-state index is 0.476. The van der Waals surface area contributed by atoms with Gasteiger partial charge in [-0.2, -0.15) is 0 Å². The first kappa shape index (κ1) is 8.91. The minimum Gasteiger partial charge on any atom is -0.325 e. The molecule has 0 saturated carbocycles. The van der Waals surface area contributed by atoms with Crippen molar-refractivity contribution in [1.82, 2.24) is 4.31 Å². The maximum Gasteiger partial charge on any atom is 0.0716 e. The monoisotopic (exact) mass is 307 g/mol. The van der Waals surface area contributed by atoms with Crippen LogP contribution in [0, 0.1) is 0 Å². The second-order valence-electron chi connectivity index (χ2n) is 2.70. The van der Waals surface area contributed by atoms with Gasteiger partial charge in [0, 0.05) is 27.8 Å². The van der Waals surface area contributed by atoms with Gasteiger partial charge in [-0.15, -0.1) is 0 Å². The van der Waals surface area contributed by atoms with E-state index in [4.69, 9.17) is 0 Å². The van der Waals surface area contributed by atoms with E-state index in [0.717, 1.165) is 4.48 Å². The van der Waals surface area contributed by atoms with Crippen LogP contribution in [0.5, 0.6) is 0 Å². The van der Waals surface area contributed by atoms with Crippen molar-refractivity contribution >= 4 is 43.8 Å². The number of halogens is 2. The molecule has 1 aliphatic heterocycles. The van der Waals surface area contributed by atoms with Gasteiger partial charge in [-0.1, -0.05) is 37.9 Å². The molecule has 4 heteroatoms. The van der Waals surface area contributed by atoms with Crippen LogP contribution in [-0.2, 0) is 0 Å². The highest BCUT2D eigenvalue weighted by Crippen LogP contribution is 2.42. The lowest BCUT2D eigenvalue weighted by molar-refractivity contribution is 0.786. The average Bonchev–Trinajstić information content (AvgIpc) is 2.29. The van der Waals surface area contributed by atoms with Crippen molar-refractivity contribution in [3.8, 4) is 0 Å². The van der Waals surface area contributed by atoms with E-state index >= 15 is 0 Å². The van der Waals surface area contributed by atoms with Gasteiger partial charge in [0.15, 0.2) is 0 Å². The molecular weight excluding hydrogens is 302 g/mol. The van der Waals surface area contributed by atoms with Gasteiger partial charge in [0.05, 0.1) is 5.25 Å². The molecule has 0 radical (unpaired) electrons. The number of nitrogens with zero attached hydrogens (tertiary/aromatic N) is 1. The Labute approximate surface area is 93.0 Å². The molecular formula is C8H7Br2NS. The second-order valence-corrected chi connectivity index (χ2v) is 5.77. The predicted molar refractivity (Wildman–Crippen MR) is 61.2 cm³/mol. The van der Waals surface area contributed by atoms with E-state index in [9.17, 15) is 0 Å². The Morgan fingerprint density at radius 3 is 3.00 bits per heavy atom.